The average molecular weight is 237 g/mol. The lowest BCUT2D eigenvalue weighted by molar-refractivity contribution is -0.140. The van der Waals surface area contributed by atoms with Gasteiger partial charge in [-0.1, -0.05) is 6.07 Å². The fourth-order valence-electron chi connectivity index (χ4n) is 1.62. The Morgan fingerprint density at radius 3 is 2.71 bits per heavy atom. The van der Waals surface area contributed by atoms with Gasteiger partial charge in [-0.25, -0.2) is 4.79 Å². The Hall–Kier alpha value is -2.24. The van der Waals surface area contributed by atoms with Gasteiger partial charge in [-0.05, 0) is 17.7 Å². The molecule has 17 heavy (non-hydrogen) atoms. The maximum Gasteiger partial charge on any atom is 0.330 e. The molecule has 0 saturated carbocycles. The second-order valence-electron chi connectivity index (χ2n) is 3.46. The monoisotopic (exact) mass is 237 g/mol. The predicted octanol–water partition coefficient (Wildman–Crippen LogP) is 0.329. The number of hydrogen-bond donors (Lipinski definition) is 2. The highest BCUT2D eigenvalue weighted by molar-refractivity contribution is 5.78. The van der Waals surface area contributed by atoms with Crippen molar-refractivity contribution in [2.24, 2.45) is 0 Å². The molecule has 0 bridgehead atoms. The Balaban J connectivity index is 2.31. The summed E-state index contributed by atoms with van der Waals surface area (Å²) in [5.74, 6) is -0.0586. The van der Waals surface area contributed by atoms with Gasteiger partial charge in [0, 0.05) is 0 Å². The van der Waals surface area contributed by atoms with Crippen LogP contribution in [0.1, 0.15) is 11.6 Å². The first-order valence-electron chi connectivity index (χ1n) is 5.04. The van der Waals surface area contributed by atoms with E-state index in [4.69, 9.17) is 14.6 Å². The molecule has 2 rings (SSSR count). The SMILES string of the molecule is O=CNC(C(=O)O)c1ccc2c(c1)OCCO2. The van der Waals surface area contributed by atoms with Crippen molar-refractivity contribution in [1.29, 1.82) is 0 Å². The van der Waals surface area contributed by atoms with Gasteiger partial charge in [0.05, 0.1) is 0 Å². The van der Waals surface area contributed by atoms with Gasteiger partial charge >= 0.3 is 5.97 Å². The van der Waals surface area contributed by atoms with E-state index in [0.717, 1.165) is 0 Å². The second-order valence-corrected chi connectivity index (χ2v) is 3.46. The molecule has 1 atom stereocenters. The third-order valence-corrected chi connectivity index (χ3v) is 2.38. The molecular formula is C11H11NO5. The number of carboxylic acid groups (broad SMARTS) is 1. The smallest absolute Gasteiger partial charge is 0.330 e. The summed E-state index contributed by atoms with van der Waals surface area (Å²) in [6, 6.07) is 3.70. The minimum absolute atomic E-state index is 0.357. The molecule has 0 fully saturated rings. The van der Waals surface area contributed by atoms with Crippen LogP contribution in [0, 0.1) is 0 Å². The summed E-state index contributed by atoms with van der Waals surface area (Å²) in [7, 11) is 0. The lowest BCUT2D eigenvalue weighted by atomic mass is 10.1. The summed E-state index contributed by atoms with van der Waals surface area (Å²) in [5.41, 5.74) is 0.439. The van der Waals surface area contributed by atoms with Gasteiger partial charge in [0.25, 0.3) is 0 Å². The van der Waals surface area contributed by atoms with Gasteiger partial charge < -0.3 is 19.9 Å². The van der Waals surface area contributed by atoms with E-state index in [1.54, 1.807) is 18.2 Å². The van der Waals surface area contributed by atoms with Gasteiger partial charge in [-0.15, -0.1) is 0 Å². The van der Waals surface area contributed by atoms with Crippen LogP contribution in [0.2, 0.25) is 0 Å². The molecule has 1 aromatic rings. The van der Waals surface area contributed by atoms with E-state index in [2.05, 4.69) is 5.32 Å². The lowest BCUT2D eigenvalue weighted by Gasteiger charge is -2.20. The molecule has 1 aliphatic heterocycles. The summed E-state index contributed by atoms with van der Waals surface area (Å²) < 4.78 is 10.7. The number of carboxylic acids is 1. The summed E-state index contributed by atoms with van der Waals surface area (Å²) in [5, 5.41) is 11.2. The quantitative estimate of drug-likeness (QED) is 0.737. The van der Waals surface area contributed by atoms with E-state index < -0.39 is 12.0 Å². The number of rotatable bonds is 4. The molecule has 1 unspecified atom stereocenters. The first kappa shape index (κ1) is 11.3. The molecule has 1 amide bonds. The molecule has 6 nitrogen and oxygen atoms in total. The molecule has 0 aromatic heterocycles. The van der Waals surface area contributed by atoms with Crippen LogP contribution in [0.25, 0.3) is 0 Å². The van der Waals surface area contributed by atoms with E-state index in [0.29, 0.717) is 36.7 Å². The number of carbonyl (C=O) groups is 2. The second kappa shape index (κ2) is 4.73. The highest BCUT2D eigenvalue weighted by Gasteiger charge is 2.21. The lowest BCUT2D eigenvalue weighted by Crippen LogP contribution is -2.27. The average Bonchev–Trinajstić information content (AvgIpc) is 2.35. The van der Waals surface area contributed by atoms with Gasteiger partial charge in [0.1, 0.15) is 13.2 Å². The van der Waals surface area contributed by atoms with E-state index in [1.165, 1.54) is 0 Å². The number of carbonyl (C=O) groups excluding carboxylic acids is 1. The fraction of sp³-hybridized carbons (Fsp3) is 0.273. The van der Waals surface area contributed by atoms with Crippen molar-refractivity contribution in [3.63, 3.8) is 0 Å². The number of amides is 1. The van der Waals surface area contributed by atoms with Crippen LogP contribution in [0.5, 0.6) is 11.5 Å². The number of nitrogens with one attached hydrogen (secondary N) is 1. The Labute approximate surface area is 97.1 Å². The zero-order valence-electron chi connectivity index (χ0n) is 8.88. The number of hydrogen-bond acceptors (Lipinski definition) is 4. The van der Waals surface area contributed by atoms with Crippen molar-refractivity contribution in [2.45, 2.75) is 6.04 Å². The van der Waals surface area contributed by atoms with Crippen LogP contribution in [-0.2, 0) is 9.59 Å². The molecule has 0 saturated heterocycles. The number of aliphatic carboxylic acids is 1. The Morgan fingerprint density at radius 2 is 2.06 bits per heavy atom. The predicted molar refractivity (Wildman–Crippen MR) is 57.0 cm³/mol. The Morgan fingerprint density at radius 1 is 1.35 bits per heavy atom. The van der Waals surface area contributed by atoms with Crippen LogP contribution in [-0.4, -0.2) is 30.7 Å². The maximum atomic E-state index is 11.0. The van der Waals surface area contributed by atoms with Gasteiger partial charge in [-0.3, -0.25) is 4.79 Å². The van der Waals surface area contributed by atoms with Crippen LogP contribution in [0.15, 0.2) is 18.2 Å². The van der Waals surface area contributed by atoms with Gasteiger partial charge in [0.2, 0.25) is 6.41 Å². The Bertz CT molecular complexity index is 445. The third kappa shape index (κ3) is 2.30. The zero-order valence-corrected chi connectivity index (χ0v) is 8.88. The summed E-state index contributed by atoms with van der Waals surface area (Å²) in [6.07, 6.45) is 0.357. The van der Waals surface area contributed by atoms with Crippen LogP contribution in [0.4, 0.5) is 0 Å². The van der Waals surface area contributed by atoms with Crippen molar-refractivity contribution in [2.75, 3.05) is 13.2 Å². The molecule has 0 aliphatic carbocycles. The van der Waals surface area contributed by atoms with Crippen molar-refractivity contribution in [3.8, 4) is 11.5 Å². The molecule has 6 heteroatoms. The molecule has 1 heterocycles. The van der Waals surface area contributed by atoms with E-state index in [-0.39, 0.29) is 0 Å². The van der Waals surface area contributed by atoms with E-state index in [9.17, 15) is 9.59 Å². The zero-order chi connectivity index (χ0) is 12.3. The minimum atomic E-state index is -1.13. The fourth-order valence-corrected chi connectivity index (χ4v) is 1.62. The van der Waals surface area contributed by atoms with E-state index >= 15 is 0 Å². The van der Waals surface area contributed by atoms with Crippen molar-refractivity contribution in [3.05, 3.63) is 23.8 Å². The summed E-state index contributed by atoms with van der Waals surface area (Å²) in [4.78, 5) is 21.3. The van der Waals surface area contributed by atoms with Crippen LogP contribution in [0.3, 0.4) is 0 Å². The van der Waals surface area contributed by atoms with Crippen molar-refractivity contribution < 1.29 is 24.2 Å². The topological polar surface area (TPSA) is 84.9 Å². The molecule has 2 N–H and O–H groups in total. The number of ether oxygens (including phenoxy) is 2. The van der Waals surface area contributed by atoms with Gasteiger partial charge in [-0.2, -0.15) is 0 Å². The summed E-state index contributed by atoms with van der Waals surface area (Å²) >= 11 is 0. The molecule has 0 radical (unpaired) electrons. The standard InChI is InChI=1S/C11H11NO5/c13-6-12-10(11(14)15)7-1-2-8-9(5-7)17-4-3-16-8/h1-2,5-6,10H,3-4H2,(H,12,13)(H,14,15). The normalized spacial score (nSPS) is 14.8. The largest absolute Gasteiger partial charge is 0.486 e. The Kier molecular flexibility index (Phi) is 3.13. The molecule has 90 valence electrons. The molecule has 1 aromatic carbocycles. The first-order chi connectivity index (χ1) is 8.22. The number of benzene rings is 1. The number of fused-ring (bicyclic) bond motifs is 1. The summed E-state index contributed by atoms with van der Waals surface area (Å²) in [6.45, 7) is 0.899. The molecule has 0 spiro atoms. The minimum Gasteiger partial charge on any atom is -0.486 e. The third-order valence-electron chi connectivity index (χ3n) is 2.38. The molecular weight excluding hydrogens is 226 g/mol. The van der Waals surface area contributed by atoms with Crippen molar-refractivity contribution in [1.82, 2.24) is 5.32 Å². The van der Waals surface area contributed by atoms with E-state index in [1.807, 2.05) is 0 Å². The van der Waals surface area contributed by atoms with Crippen molar-refractivity contribution >= 4 is 12.4 Å². The molecule has 1 aliphatic rings. The maximum absolute atomic E-state index is 11.0. The van der Waals surface area contributed by atoms with Crippen LogP contribution >= 0.6 is 0 Å². The van der Waals surface area contributed by atoms with Gasteiger partial charge in [0.15, 0.2) is 17.5 Å². The highest BCUT2D eigenvalue weighted by atomic mass is 16.6. The first-order valence-corrected chi connectivity index (χ1v) is 5.04. The van der Waals surface area contributed by atoms with Crippen LogP contribution < -0.4 is 14.8 Å². The highest BCUT2D eigenvalue weighted by Crippen LogP contribution is 2.32.